The molecular weight excluding hydrogens is 288 g/mol. The van der Waals surface area contributed by atoms with Crippen molar-refractivity contribution >= 4 is 5.69 Å². The molecule has 0 bridgehead atoms. The Bertz CT molecular complexity index is 479. The molecule has 23 heavy (non-hydrogen) atoms. The standard InChI is InChI=1S/C19H30N2O2/c1-14(20-19(13-23-2)16-3-4-16)15-5-7-17(8-6-15)21-11-9-18(22)10-12-21/h5-8,14,16,18-20,22H,3-4,9-13H2,1-2H3. The number of nitrogens with zero attached hydrogens (tertiary/aromatic N) is 1. The van der Waals surface area contributed by atoms with Crippen LogP contribution in [0.15, 0.2) is 24.3 Å². The van der Waals surface area contributed by atoms with Crippen LogP contribution in [0.2, 0.25) is 0 Å². The number of rotatable bonds is 7. The Kier molecular flexibility index (Phi) is 5.57. The van der Waals surface area contributed by atoms with Crippen LogP contribution in [0, 0.1) is 5.92 Å². The molecular formula is C19H30N2O2. The van der Waals surface area contributed by atoms with E-state index in [2.05, 4.69) is 41.4 Å². The summed E-state index contributed by atoms with van der Waals surface area (Å²) in [6.45, 7) is 4.93. The van der Waals surface area contributed by atoms with Crippen LogP contribution in [-0.4, -0.2) is 44.1 Å². The van der Waals surface area contributed by atoms with Crippen LogP contribution in [0.1, 0.15) is 44.2 Å². The third-order valence-electron chi connectivity index (χ3n) is 5.22. The van der Waals surface area contributed by atoms with Gasteiger partial charge in [-0.1, -0.05) is 12.1 Å². The molecule has 1 heterocycles. The molecule has 1 saturated heterocycles. The van der Waals surface area contributed by atoms with Gasteiger partial charge in [-0.2, -0.15) is 0 Å². The van der Waals surface area contributed by atoms with Gasteiger partial charge in [0.15, 0.2) is 0 Å². The minimum Gasteiger partial charge on any atom is -0.393 e. The maximum absolute atomic E-state index is 9.62. The molecule has 0 aromatic heterocycles. The third kappa shape index (κ3) is 4.46. The number of methoxy groups -OCH3 is 1. The summed E-state index contributed by atoms with van der Waals surface area (Å²) in [6, 6.07) is 9.71. The highest BCUT2D eigenvalue weighted by Crippen LogP contribution is 2.34. The van der Waals surface area contributed by atoms with Gasteiger partial charge in [0, 0.05) is 38.0 Å². The van der Waals surface area contributed by atoms with Gasteiger partial charge in [-0.3, -0.25) is 0 Å². The molecule has 1 aromatic rings. The van der Waals surface area contributed by atoms with Crippen molar-refractivity contribution in [1.82, 2.24) is 5.32 Å². The number of piperidine rings is 1. The first-order chi connectivity index (χ1) is 11.2. The first kappa shape index (κ1) is 16.7. The van der Waals surface area contributed by atoms with E-state index in [1.165, 1.54) is 24.1 Å². The minimum absolute atomic E-state index is 0.116. The van der Waals surface area contributed by atoms with E-state index in [-0.39, 0.29) is 6.10 Å². The summed E-state index contributed by atoms with van der Waals surface area (Å²) in [6.07, 6.45) is 4.29. The van der Waals surface area contributed by atoms with Crippen LogP contribution in [0.3, 0.4) is 0 Å². The van der Waals surface area contributed by atoms with Gasteiger partial charge in [-0.25, -0.2) is 0 Å². The van der Waals surface area contributed by atoms with Gasteiger partial charge in [-0.05, 0) is 56.2 Å². The molecule has 0 amide bonds. The number of benzene rings is 1. The van der Waals surface area contributed by atoms with Crippen molar-refractivity contribution in [3.8, 4) is 0 Å². The second-order valence-electron chi connectivity index (χ2n) is 7.10. The first-order valence-corrected chi connectivity index (χ1v) is 8.95. The topological polar surface area (TPSA) is 44.7 Å². The van der Waals surface area contributed by atoms with Gasteiger partial charge in [0.2, 0.25) is 0 Å². The van der Waals surface area contributed by atoms with Crippen molar-refractivity contribution in [3.63, 3.8) is 0 Å². The number of hydrogen-bond acceptors (Lipinski definition) is 4. The average molecular weight is 318 g/mol. The molecule has 128 valence electrons. The molecule has 2 unspecified atom stereocenters. The summed E-state index contributed by atoms with van der Waals surface area (Å²) in [5.41, 5.74) is 2.59. The number of aliphatic hydroxyl groups excluding tert-OH is 1. The Balaban J connectivity index is 1.57. The van der Waals surface area contributed by atoms with Crippen molar-refractivity contribution < 1.29 is 9.84 Å². The molecule has 1 aromatic carbocycles. The summed E-state index contributed by atoms with van der Waals surface area (Å²) < 4.78 is 5.36. The highest BCUT2D eigenvalue weighted by atomic mass is 16.5. The van der Waals surface area contributed by atoms with Crippen molar-refractivity contribution in [3.05, 3.63) is 29.8 Å². The van der Waals surface area contributed by atoms with Gasteiger partial charge in [-0.15, -0.1) is 0 Å². The van der Waals surface area contributed by atoms with Crippen molar-refractivity contribution in [2.45, 2.75) is 50.8 Å². The molecule has 1 aliphatic carbocycles. The fourth-order valence-corrected chi connectivity index (χ4v) is 3.51. The number of aliphatic hydroxyl groups is 1. The Labute approximate surface area is 139 Å². The molecule has 4 nitrogen and oxygen atoms in total. The summed E-state index contributed by atoms with van der Waals surface area (Å²) in [5.74, 6) is 0.788. The molecule has 0 spiro atoms. The Hall–Kier alpha value is -1.10. The smallest absolute Gasteiger partial charge is 0.0618 e. The molecule has 2 aliphatic rings. The molecule has 1 saturated carbocycles. The minimum atomic E-state index is -0.116. The normalized spacial score (nSPS) is 22.1. The lowest BCUT2D eigenvalue weighted by Crippen LogP contribution is -2.37. The predicted molar refractivity (Wildman–Crippen MR) is 93.8 cm³/mol. The van der Waals surface area contributed by atoms with E-state index in [4.69, 9.17) is 4.74 Å². The van der Waals surface area contributed by atoms with Crippen LogP contribution >= 0.6 is 0 Å². The van der Waals surface area contributed by atoms with Gasteiger partial charge in [0.25, 0.3) is 0 Å². The number of hydrogen-bond donors (Lipinski definition) is 2. The Morgan fingerprint density at radius 1 is 1.17 bits per heavy atom. The lowest BCUT2D eigenvalue weighted by atomic mass is 10.0. The molecule has 2 N–H and O–H groups in total. The average Bonchev–Trinajstić information content (AvgIpc) is 3.40. The zero-order chi connectivity index (χ0) is 16.2. The molecule has 0 radical (unpaired) electrons. The van der Waals surface area contributed by atoms with Crippen LogP contribution in [0.4, 0.5) is 5.69 Å². The van der Waals surface area contributed by atoms with Crippen LogP contribution < -0.4 is 10.2 Å². The van der Waals surface area contributed by atoms with Gasteiger partial charge >= 0.3 is 0 Å². The number of ether oxygens (including phenoxy) is 1. The summed E-state index contributed by atoms with van der Waals surface area (Å²) >= 11 is 0. The highest BCUT2D eigenvalue weighted by molar-refractivity contribution is 5.48. The predicted octanol–water partition coefficient (Wildman–Crippen LogP) is 2.72. The summed E-state index contributed by atoms with van der Waals surface area (Å²) in [4.78, 5) is 2.37. The molecule has 1 aliphatic heterocycles. The van der Waals surface area contributed by atoms with E-state index in [1.807, 2.05) is 0 Å². The highest BCUT2D eigenvalue weighted by Gasteiger charge is 2.31. The van der Waals surface area contributed by atoms with Gasteiger partial charge in [0.05, 0.1) is 12.7 Å². The van der Waals surface area contributed by atoms with E-state index in [1.54, 1.807) is 7.11 Å². The van der Waals surface area contributed by atoms with E-state index >= 15 is 0 Å². The van der Waals surface area contributed by atoms with Crippen LogP contribution in [-0.2, 0) is 4.74 Å². The second-order valence-corrected chi connectivity index (χ2v) is 7.10. The quantitative estimate of drug-likeness (QED) is 0.811. The zero-order valence-corrected chi connectivity index (χ0v) is 14.4. The van der Waals surface area contributed by atoms with E-state index in [0.717, 1.165) is 38.5 Å². The van der Waals surface area contributed by atoms with Crippen molar-refractivity contribution in [1.29, 1.82) is 0 Å². The Morgan fingerprint density at radius 3 is 2.39 bits per heavy atom. The number of anilines is 1. The SMILES string of the molecule is COCC(NC(C)c1ccc(N2CCC(O)CC2)cc1)C1CC1. The fraction of sp³-hybridized carbons (Fsp3) is 0.684. The van der Waals surface area contributed by atoms with E-state index < -0.39 is 0 Å². The second kappa shape index (κ2) is 7.65. The van der Waals surface area contributed by atoms with Crippen molar-refractivity contribution in [2.75, 3.05) is 31.7 Å². The maximum Gasteiger partial charge on any atom is 0.0618 e. The van der Waals surface area contributed by atoms with Crippen molar-refractivity contribution in [2.24, 2.45) is 5.92 Å². The largest absolute Gasteiger partial charge is 0.393 e. The lowest BCUT2D eigenvalue weighted by Gasteiger charge is -2.31. The molecule has 2 fully saturated rings. The first-order valence-electron chi connectivity index (χ1n) is 8.95. The molecule has 3 rings (SSSR count). The van der Waals surface area contributed by atoms with Crippen LogP contribution in [0.25, 0.3) is 0 Å². The van der Waals surface area contributed by atoms with E-state index in [9.17, 15) is 5.11 Å². The fourth-order valence-electron chi connectivity index (χ4n) is 3.51. The molecule has 4 heteroatoms. The maximum atomic E-state index is 9.62. The lowest BCUT2D eigenvalue weighted by molar-refractivity contribution is 0.145. The van der Waals surface area contributed by atoms with Gasteiger partial charge < -0.3 is 20.1 Å². The Morgan fingerprint density at radius 2 is 1.83 bits per heavy atom. The summed E-state index contributed by atoms with van der Waals surface area (Å²) in [5, 5.41) is 13.4. The van der Waals surface area contributed by atoms with Crippen LogP contribution in [0.5, 0.6) is 0 Å². The zero-order valence-electron chi connectivity index (χ0n) is 14.4. The molecule has 2 atom stereocenters. The number of nitrogens with one attached hydrogen (secondary N) is 1. The van der Waals surface area contributed by atoms with Gasteiger partial charge in [0.1, 0.15) is 0 Å². The monoisotopic (exact) mass is 318 g/mol. The summed E-state index contributed by atoms with van der Waals surface area (Å²) in [7, 11) is 1.78. The third-order valence-corrected chi connectivity index (χ3v) is 5.22. The van der Waals surface area contributed by atoms with E-state index in [0.29, 0.717) is 12.1 Å².